The van der Waals surface area contributed by atoms with Gasteiger partial charge in [-0.2, -0.15) is 5.10 Å². The Kier molecular flexibility index (Phi) is 4.51. The van der Waals surface area contributed by atoms with Crippen LogP contribution in [0.4, 0.5) is 0 Å². The van der Waals surface area contributed by atoms with Gasteiger partial charge in [0.05, 0.1) is 12.3 Å². The third kappa shape index (κ3) is 2.98. The van der Waals surface area contributed by atoms with E-state index in [1.165, 1.54) is 4.52 Å². The Bertz CT molecular complexity index is 890. The smallest absolute Gasteiger partial charge is 0.341 e. The summed E-state index contributed by atoms with van der Waals surface area (Å²) in [6.45, 7) is 3.82. The Balaban J connectivity index is 2.22. The molecule has 0 aliphatic heterocycles. The molecule has 1 N–H and O–H groups in total. The molecule has 2 aromatic heterocycles. The second kappa shape index (κ2) is 6.59. The second-order valence-corrected chi connectivity index (χ2v) is 5.68. The van der Waals surface area contributed by atoms with Crippen molar-refractivity contribution in [1.29, 1.82) is 0 Å². The lowest BCUT2D eigenvalue weighted by molar-refractivity contribution is -0.153. The van der Waals surface area contributed by atoms with Crippen LogP contribution in [-0.4, -0.2) is 32.3 Å². The lowest BCUT2D eigenvalue weighted by Crippen LogP contribution is -2.18. The summed E-state index contributed by atoms with van der Waals surface area (Å²) in [5.41, 5.74) is 3.03. The van der Waals surface area contributed by atoms with Crippen LogP contribution < -0.4 is 0 Å². The molecule has 0 fully saturated rings. The summed E-state index contributed by atoms with van der Waals surface area (Å²) < 4.78 is 6.30. The van der Waals surface area contributed by atoms with Gasteiger partial charge in [-0.25, -0.2) is 14.3 Å². The molecule has 3 rings (SSSR count). The van der Waals surface area contributed by atoms with Crippen molar-refractivity contribution >= 4 is 23.2 Å². The summed E-state index contributed by atoms with van der Waals surface area (Å²) in [5, 5.41) is 14.9. The number of hydrogen-bond donors (Lipinski definition) is 1. The molecule has 124 valence electrons. The van der Waals surface area contributed by atoms with Crippen LogP contribution in [0.1, 0.15) is 24.3 Å². The van der Waals surface area contributed by atoms with E-state index < -0.39 is 12.1 Å². The normalized spacial score (nSPS) is 12.3. The number of aliphatic hydroxyl groups excluding tert-OH is 1. The zero-order valence-electron chi connectivity index (χ0n) is 13.2. The van der Waals surface area contributed by atoms with Crippen molar-refractivity contribution in [2.75, 3.05) is 6.61 Å². The Morgan fingerprint density at radius 1 is 1.29 bits per heavy atom. The molecule has 7 heteroatoms. The molecular weight excluding hydrogens is 330 g/mol. The number of imidazole rings is 1. The van der Waals surface area contributed by atoms with Gasteiger partial charge in [-0.1, -0.05) is 41.4 Å². The number of halogens is 1. The number of aliphatic hydroxyl groups is 1. The minimum atomic E-state index is -1.51. The highest BCUT2D eigenvalue weighted by Crippen LogP contribution is 2.30. The Morgan fingerprint density at radius 2 is 2.00 bits per heavy atom. The number of ether oxygens (including phenoxy) is 1. The Hall–Kier alpha value is -2.44. The SMILES string of the molecule is CCOC(=O)C(O)c1c(-c2ccc(C)cc2)nc2ccc(Cl)nn12. The molecule has 0 saturated carbocycles. The molecule has 0 bridgehead atoms. The van der Waals surface area contributed by atoms with Gasteiger partial charge < -0.3 is 9.84 Å². The van der Waals surface area contributed by atoms with Gasteiger partial charge in [0, 0.05) is 5.56 Å². The van der Waals surface area contributed by atoms with Crippen LogP contribution in [0.25, 0.3) is 16.9 Å². The minimum Gasteiger partial charge on any atom is -0.464 e. The molecule has 2 heterocycles. The van der Waals surface area contributed by atoms with E-state index in [4.69, 9.17) is 16.3 Å². The van der Waals surface area contributed by atoms with Gasteiger partial charge in [0.2, 0.25) is 0 Å². The van der Waals surface area contributed by atoms with E-state index in [1.807, 2.05) is 31.2 Å². The number of benzene rings is 1. The maximum absolute atomic E-state index is 12.0. The lowest BCUT2D eigenvalue weighted by atomic mass is 10.1. The molecular formula is C17H16ClN3O3. The fourth-order valence-corrected chi connectivity index (χ4v) is 2.57. The molecule has 1 aromatic carbocycles. The first-order valence-electron chi connectivity index (χ1n) is 7.48. The molecule has 0 saturated heterocycles. The van der Waals surface area contributed by atoms with Gasteiger partial charge in [-0.05, 0) is 26.0 Å². The van der Waals surface area contributed by atoms with Crippen LogP contribution >= 0.6 is 11.6 Å². The maximum atomic E-state index is 12.0. The van der Waals surface area contributed by atoms with Crippen molar-refractivity contribution in [2.45, 2.75) is 20.0 Å². The van der Waals surface area contributed by atoms with Crippen LogP contribution in [0.2, 0.25) is 5.15 Å². The average molecular weight is 346 g/mol. The third-order valence-electron chi connectivity index (χ3n) is 3.57. The number of rotatable bonds is 4. The predicted octanol–water partition coefficient (Wildman–Crippen LogP) is 2.95. The second-order valence-electron chi connectivity index (χ2n) is 5.29. The monoisotopic (exact) mass is 345 g/mol. The summed E-state index contributed by atoms with van der Waals surface area (Å²) in [5.74, 6) is -0.755. The molecule has 0 radical (unpaired) electrons. The van der Waals surface area contributed by atoms with Crippen molar-refractivity contribution in [1.82, 2.24) is 14.6 Å². The van der Waals surface area contributed by atoms with E-state index in [0.29, 0.717) is 11.3 Å². The summed E-state index contributed by atoms with van der Waals surface area (Å²) in [4.78, 5) is 16.5. The number of carbonyl (C=O) groups excluding carboxylic acids is 1. The minimum absolute atomic E-state index is 0.167. The van der Waals surface area contributed by atoms with Gasteiger partial charge in [-0.3, -0.25) is 0 Å². The number of aryl methyl sites for hydroxylation is 1. The van der Waals surface area contributed by atoms with Crippen molar-refractivity contribution < 1.29 is 14.6 Å². The largest absolute Gasteiger partial charge is 0.464 e. The standard InChI is InChI=1S/C17H16ClN3O3/c1-3-24-17(23)16(22)15-14(11-6-4-10(2)5-7-11)19-13-9-8-12(18)20-21(13)15/h4-9,16,22H,3H2,1-2H3. The number of esters is 1. The zero-order valence-corrected chi connectivity index (χ0v) is 14.0. The topological polar surface area (TPSA) is 76.7 Å². The fourth-order valence-electron chi connectivity index (χ4n) is 2.43. The van der Waals surface area contributed by atoms with Gasteiger partial charge in [0.1, 0.15) is 10.8 Å². The van der Waals surface area contributed by atoms with Crippen LogP contribution in [-0.2, 0) is 9.53 Å². The number of fused-ring (bicyclic) bond motifs is 1. The van der Waals surface area contributed by atoms with Gasteiger partial charge >= 0.3 is 5.97 Å². The van der Waals surface area contributed by atoms with Gasteiger partial charge in [-0.15, -0.1) is 0 Å². The number of nitrogens with zero attached hydrogens (tertiary/aromatic N) is 3. The highest BCUT2D eigenvalue weighted by Gasteiger charge is 2.28. The van der Waals surface area contributed by atoms with Crippen molar-refractivity contribution in [3.63, 3.8) is 0 Å². The lowest BCUT2D eigenvalue weighted by Gasteiger charge is -2.11. The molecule has 0 amide bonds. The maximum Gasteiger partial charge on any atom is 0.341 e. The number of hydrogen-bond acceptors (Lipinski definition) is 5. The molecule has 0 aliphatic carbocycles. The molecule has 1 atom stereocenters. The van der Waals surface area contributed by atoms with Gasteiger partial charge in [0.25, 0.3) is 0 Å². The molecule has 24 heavy (non-hydrogen) atoms. The first-order chi connectivity index (χ1) is 11.5. The van der Waals surface area contributed by atoms with Crippen LogP contribution in [0.3, 0.4) is 0 Å². The molecule has 0 aliphatic rings. The van der Waals surface area contributed by atoms with Crippen LogP contribution in [0.15, 0.2) is 36.4 Å². The van der Waals surface area contributed by atoms with E-state index in [1.54, 1.807) is 19.1 Å². The molecule has 6 nitrogen and oxygen atoms in total. The van der Waals surface area contributed by atoms with Crippen molar-refractivity contribution in [3.8, 4) is 11.3 Å². The summed E-state index contributed by atoms with van der Waals surface area (Å²) in [6, 6.07) is 10.9. The fraction of sp³-hybridized carbons (Fsp3) is 0.235. The molecule has 3 aromatic rings. The molecule has 1 unspecified atom stereocenters. The molecule has 0 spiro atoms. The van der Waals surface area contributed by atoms with Crippen LogP contribution in [0.5, 0.6) is 0 Å². The highest BCUT2D eigenvalue weighted by atomic mass is 35.5. The quantitative estimate of drug-likeness (QED) is 0.736. The first-order valence-corrected chi connectivity index (χ1v) is 7.86. The summed E-state index contributed by atoms with van der Waals surface area (Å²) >= 11 is 5.95. The first kappa shape index (κ1) is 16.4. The Morgan fingerprint density at radius 3 is 2.67 bits per heavy atom. The van der Waals surface area contributed by atoms with E-state index in [0.717, 1.165) is 11.1 Å². The predicted molar refractivity (Wildman–Crippen MR) is 89.8 cm³/mol. The van der Waals surface area contributed by atoms with E-state index in [2.05, 4.69) is 10.1 Å². The Labute approximate surface area is 143 Å². The average Bonchev–Trinajstić information content (AvgIpc) is 2.93. The summed E-state index contributed by atoms with van der Waals surface area (Å²) in [7, 11) is 0. The third-order valence-corrected chi connectivity index (χ3v) is 3.78. The van der Waals surface area contributed by atoms with Crippen molar-refractivity contribution in [3.05, 3.63) is 52.8 Å². The van der Waals surface area contributed by atoms with Crippen LogP contribution in [0, 0.1) is 6.92 Å². The number of aromatic nitrogens is 3. The number of carbonyl (C=O) groups is 1. The zero-order chi connectivity index (χ0) is 17.3. The van der Waals surface area contributed by atoms with E-state index >= 15 is 0 Å². The summed E-state index contributed by atoms with van der Waals surface area (Å²) in [6.07, 6.45) is -1.51. The van der Waals surface area contributed by atoms with Gasteiger partial charge in [0.15, 0.2) is 11.8 Å². The highest BCUT2D eigenvalue weighted by molar-refractivity contribution is 6.29. The van der Waals surface area contributed by atoms with E-state index in [-0.39, 0.29) is 17.5 Å². The van der Waals surface area contributed by atoms with E-state index in [9.17, 15) is 9.90 Å². The van der Waals surface area contributed by atoms with Crippen molar-refractivity contribution in [2.24, 2.45) is 0 Å².